The third-order valence-electron chi connectivity index (χ3n) is 3.77. The number of rotatable bonds is 2. The Balaban J connectivity index is 2.31. The van der Waals surface area contributed by atoms with Crippen LogP contribution in [0.5, 0.6) is 0 Å². The van der Waals surface area contributed by atoms with Crippen LogP contribution >= 0.6 is 0 Å². The summed E-state index contributed by atoms with van der Waals surface area (Å²) in [4.78, 5) is 0. The third-order valence-corrected chi connectivity index (χ3v) is 3.77. The highest BCUT2D eigenvalue weighted by molar-refractivity contribution is 4.86. The molecule has 1 saturated carbocycles. The lowest BCUT2D eigenvalue weighted by Crippen LogP contribution is -2.26. The second kappa shape index (κ2) is 4.68. The summed E-state index contributed by atoms with van der Waals surface area (Å²) in [5, 5.41) is 0. The van der Waals surface area contributed by atoms with E-state index in [4.69, 9.17) is 0 Å². The Morgan fingerprint density at radius 3 is 1.86 bits per heavy atom. The van der Waals surface area contributed by atoms with Crippen molar-refractivity contribution < 1.29 is 0 Å². The van der Waals surface area contributed by atoms with Crippen molar-refractivity contribution in [3.8, 4) is 0 Å². The summed E-state index contributed by atoms with van der Waals surface area (Å²) in [5.41, 5.74) is 0.538. The minimum Gasteiger partial charge on any atom is -0.0599 e. The van der Waals surface area contributed by atoms with Gasteiger partial charge in [-0.1, -0.05) is 47.5 Å². The van der Waals surface area contributed by atoms with Gasteiger partial charge in [0.2, 0.25) is 0 Å². The van der Waals surface area contributed by atoms with Gasteiger partial charge in [-0.2, -0.15) is 0 Å². The van der Waals surface area contributed by atoms with E-state index in [2.05, 4.69) is 34.6 Å². The summed E-state index contributed by atoms with van der Waals surface area (Å²) in [6, 6.07) is 0. The summed E-state index contributed by atoms with van der Waals surface area (Å²) in [5.74, 6) is 3.58. The molecule has 0 bridgehead atoms. The van der Waals surface area contributed by atoms with E-state index in [1.807, 2.05) is 0 Å². The monoisotopic (exact) mass is 195 g/mol. The molecule has 1 aliphatic carbocycles. The largest absolute Gasteiger partial charge is 0.0599 e. The van der Waals surface area contributed by atoms with Gasteiger partial charge in [0, 0.05) is 0 Å². The lowest BCUT2D eigenvalue weighted by molar-refractivity contribution is 0.148. The fourth-order valence-corrected chi connectivity index (χ4v) is 2.81. The van der Waals surface area contributed by atoms with Crippen molar-refractivity contribution in [2.24, 2.45) is 17.3 Å². The third kappa shape index (κ3) is 3.63. The van der Waals surface area contributed by atoms with Gasteiger partial charge in [-0.05, 0) is 42.4 Å². The molecule has 0 heterocycles. The maximum Gasteiger partial charge on any atom is -0.0300 e. The van der Waals surface area contributed by atoms with Crippen LogP contribution in [-0.4, -0.2) is 0 Å². The van der Waals surface area contributed by atoms with Crippen LogP contribution in [0.3, 0.4) is 0 Å². The molecule has 0 unspecified atom stereocenters. The van der Waals surface area contributed by atoms with Crippen molar-refractivity contribution in [3.05, 3.63) is 5.92 Å². The van der Waals surface area contributed by atoms with Crippen LogP contribution in [0.25, 0.3) is 0 Å². The Morgan fingerprint density at radius 2 is 1.50 bits per heavy atom. The van der Waals surface area contributed by atoms with E-state index in [9.17, 15) is 0 Å². The minimum atomic E-state index is 0.538. The number of hydrogen-bond donors (Lipinski definition) is 0. The normalized spacial score (nSPS) is 29.6. The molecule has 1 rings (SSSR count). The quantitative estimate of drug-likeness (QED) is 0.591. The summed E-state index contributed by atoms with van der Waals surface area (Å²) in [6.07, 6.45) is 7.22. The smallest absolute Gasteiger partial charge is 0.0300 e. The zero-order valence-corrected chi connectivity index (χ0v) is 10.7. The average molecular weight is 195 g/mol. The molecule has 0 aromatic heterocycles. The first-order valence-corrected chi connectivity index (χ1v) is 6.18. The zero-order valence-electron chi connectivity index (χ0n) is 10.7. The molecule has 0 aromatic carbocycles. The molecule has 1 fully saturated rings. The van der Waals surface area contributed by atoms with Gasteiger partial charge in [-0.3, -0.25) is 0 Å². The Hall–Kier alpha value is 0. The van der Waals surface area contributed by atoms with Crippen molar-refractivity contribution in [2.75, 3.05) is 0 Å². The van der Waals surface area contributed by atoms with E-state index in [0.717, 1.165) is 11.8 Å². The van der Waals surface area contributed by atoms with E-state index in [-0.39, 0.29) is 0 Å². The van der Waals surface area contributed by atoms with Crippen molar-refractivity contribution >= 4 is 0 Å². The lowest BCUT2D eigenvalue weighted by atomic mass is 9.69. The van der Waals surface area contributed by atoms with Crippen molar-refractivity contribution in [1.82, 2.24) is 0 Å². The highest BCUT2D eigenvalue weighted by Crippen LogP contribution is 2.41. The summed E-state index contributed by atoms with van der Waals surface area (Å²) < 4.78 is 0. The molecule has 83 valence electrons. The maximum absolute atomic E-state index is 2.40. The Morgan fingerprint density at radius 1 is 1.00 bits per heavy atom. The fraction of sp³-hybridized carbons (Fsp3) is 0.929. The maximum atomic E-state index is 2.40. The summed E-state index contributed by atoms with van der Waals surface area (Å²) >= 11 is 0. The standard InChI is InChI=1S/C14H27/c1-11(2)10-12-6-8-13(9-7-12)14(3,4)5/h12-13H,6-10H2,1-5H3/t12-,13+. The molecular weight excluding hydrogens is 168 g/mol. The first-order chi connectivity index (χ1) is 6.39. The van der Waals surface area contributed by atoms with Crippen LogP contribution in [-0.2, 0) is 0 Å². The van der Waals surface area contributed by atoms with Crippen molar-refractivity contribution in [1.29, 1.82) is 0 Å². The second-order valence-electron chi connectivity index (χ2n) is 6.49. The average Bonchev–Trinajstić information content (AvgIpc) is 2.02. The van der Waals surface area contributed by atoms with Gasteiger partial charge in [-0.15, -0.1) is 0 Å². The molecule has 0 N–H and O–H groups in total. The van der Waals surface area contributed by atoms with Gasteiger partial charge in [0.05, 0.1) is 0 Å². The first kappa shape index (κ1) is 12.1. The molecular formula is C14H27. The molecule has 14 heavy (non-hydrogen) atoms. The van der Waals surface area contributed by atoms with Crippen LogP contribution < -0.4 is 0 Å². The van der Waals surface area contributed by atoms with E-state index < -0.39 is 0 Å². The highest BCUT2D eigenvalue weighted by atomic mass is 14.3. The van der Waals surface area contributed by atoms with E-state index >= 15 is 0 Å². The minimum absolute atomic E-state index is 0.538. The zero-order chi connectivity index (χ0) is 10.8. The Labute approximate surface area is 90.5 Å². The van der Waals surface area contributed by atoms with E-state index in [1.54, 1.807) is 5.92 Å². The van der Waals surface area contributed by atoms with Gasteiger partial charge in [0.1, 0.15) is 0 Å². The predicted molar refractivity (Wildman–Crippen MR) is 64.1 cm³/mol. The Kier molecular flexibility index (Phi) is 4.04. The van der Waals surface area contributed by atoms with Crippen LogP contribution in [0, 0.1) is 23.2 Å². The summed E-state index contributed by atoms with van der Waals surface area (Å²) in [7, 11) is 0. The van der Waals surface area contributed by atoms with Gasteiger partial charge in [-0.25, -0.2) is 0 Å². The molecule has 0 spiro atoms. The predicted octanol–water partition coefficient (Wildman–Crippen LogP) is 4.84. The molecule has 0 atom stereocenters. The van der Waals surface area contributed by atoms with Crippen LogP contribution in [0.2, 0.25) is 0 Å². The molecule has 0 nitrogen and oxygen atoms in total. The van der Waals surface area contributed by atoms with Gasteiger partial charge >= 0.3 is 0 Å². The summed E-state index contributed by atoms with van der Waals surface area (Å²) in [6.45, 7) is 11.7. The molecule has 0 aromatic rings. The van der Waals surface area contributed by atoms with Crippen LogP contribution in [0.1, 0.15) is 66.7 Å². The lowest BCUT2D eigenvalue weighted by Gasteiger charge is -2.37. The van der Waals surface area contributed by atoms with Gasteiger partial charge in [0.25, 0.3) is 0 Å². The van der Waals surface area contributed by atoms with E-state index in [0.29, 0.717) is 5.41 Å². The second-order valence-corrected chi connectivity index (χ2v) is 6.49. The SMILES string of the molecule is C[C](C)C[C@H]1CC[C@@H](C(C)(C)C)CC1. The molecule has 1 radical (unpaired) electrons. The molecule has 1 aliphatic rings. The van der Waals surface area contributed by atoms with Crippen LogP contribution in [0.4, 0.5) is 0 Å². The first-order valence-electron chi connectivity index (χ1n) is 6.18. The fourth-order valence-electron chi connectivity index (χ4n) is 2.81. The van der Waals surface area contributed by atoms with Gasteiger partial charge < -0.3 is 0 Å². The molecule has 0 aliphatic heterocycles. The molecule has 0 amide bonds. The number of hydrogen-bond acceptors (Lipinski definition) is 0. The van der Waals surface area contributed by atoms with Crippen molar-refractivity contribution in [2.45, 2.75) is 66.7 Å². The van der Waals surface area contributed by atoms with Crippen molar-refractivity contribution in [3.63, 3.8) is 0 Å². The van der Waals surface area contributed by atoms with Crippen LogP contribution in [0.15, 0.2) is 0 Å². The van der Waals surface area contributed by atoms with E-state index in [1.165, 1.54) is 32.1 Å². The molecule has 0 saturated heterocycles. The topological polar surface area (TPSA) is 0 Å². The highest BCUT2D eigenvalue weighted by Gasteiger charge is 2.29. The Bertz CT molecular complexity index is 153. The molecule has 0 heteroatoms. The van der Waals surface area contributed by atoms with Gasteiger partial charge in [0.15, 0.2) is 0 Å².